The predicted molar refractivity (Wildman–Crippen MR) is 98.5 cm³/mol. The van der Waals surface area contributed by atoms with Crippen molar-refractivity contribution in [2.45, 2.75) is 19.9 Å². The van der Waals surface area contributed by atoms with Crippen LogP contribution in [-0.2, 0) is 13.0 Å². The van der Waals surface area contributed by atoms with E-state index < -0.39 is 0 Å². The Labute approximate surface area is 146 Å². The van der Waals surface area contributed by atoms with Crippen LogP contribution >= 0.6 is 0 Å². The van der Waals surface area contributed by atoms with Crippen LogP contribution in [0.5, 0.6) is 5.75 Å². The van der Waals surface area contributed by atoms with E-state index in [1.165, 1.54) is 0 Å². The molecule has 7 nitrogen and oxygen atoms in total. The fraction of sp³-hybridized carbons (Fsp3) is 0.278. The number of benzene rings is 1. The second-order valence-corrected chi connectivity index (χ2v) is 5.57. The highest BCUT2D eigenvalue weighted by molar-refractivity contribution is 5.62. The molecule has 0 unspecified atom stereocenters. The Morgan fingerprint density at radius 1 is 1.24 bits per heavy atom. The number of nitrogen functional groups attached to an aromatic ring is 1. The van der Waals surface area contributed by atoms with Gasteiger partial charge in [0.25, 0.3) is 0 Å². The Bertz CT molecular complexity index is 845. The molecule has 25 heavy (non-hydrogen) atoms. The first-order valence-electron chi connectivity index (χ1n) is 8.22. The van der Waals surface area contributed by atoms with Gasteiger partial charge in [0.2, 0.25) is 5.95 Å². The minimum atomic E-state index is 0.238. The van der Waals surface area contributed by atoms with Crippen molar-refractivity contribution in [2.24, 2.45) is 0 Å². The molecule has 0 aliphatic heterocycles. The summed E-state index contributed by atoms with van der Waals surface area (Å²) in [6, 6.07) is 9.87. The zero-order valence-electron chi connectivity index (χ0n) is 14.4. The number of hydrogen-bond donors (Lipinski definition) is 2. The quantitative estimate of drug-likeness (QED) is 0.688. The molecular weight excluding hydrogens is 316 g/mol. The van der Waals surface area contributed by atoms with Crippen LogP contribution in [0.1, 0.15) is 12.5 Å². The van der Waals surface area contributed by atoms with E-state index >= 15 is 0 Å². The molecule has 0 fully saturated rings. The average molecular weight is 338 g/mol. The number of aryl methyl sites for hydroxylation is 1. The summed E-state index contributed by atoms with van der Waals surface area (Å²) in [6.07, 6.45) is 4.54. The molecule has 7 heteroatoms. The summed E-state index contributed by atoms with van der Waals surface area (Å²) in [5, 5.41) is 7.57. The van der Waals surface area contributed by atoms with Gasteiger partial charge in [-0.05, 0) is 25.0 Å². The summed E-state index contributed by atoms with van der Waals surface area (Å²) in [7, 11) is 1.68. The van der Waals surface area contributed by atoms with Gasteiger partial charge in [-0.3, -0.25) is 4.68 Å². The van der Waals surface area contributed by atoms with Crippen LogP contribution < -0.4 is 15.8 Å². The van der Waals surface area contributed by atoms with Gasteiger partial charge in [0.1, 0.15) is 11.6 Å². The fourth-order valence-corrected chi connectivity index (χ4v) is 2.61. The van der Waals surface area contributed by atoms with Gasteiger partial charge in [-0.15, -0.1) is 0 Å². The molecule has 0 aliphatic carbocycles. The second-order valence-electron chi connectivity index (χ2n) is 5.57. The zero-order chi connectivity index (χ0) is 17.6. The summed E-state index contributed by atoms with van der Waals surface area (Å²) in [4.78, 5) is 8.56. The van der Waals surface area contributed by atoms with Gasteiger partial charge in [-0.2, -0.15) is 10.1 Å². The Hall–Kier alpha value is -3.09. The summed E-state index contributed by atoms with van der Waals surface area (Å²) >= 11 is 0. The van der Waals surface area contributed by atoms with E-state index in [1.807, 2.05) is 42.1 Å². The highest BCUT2D eigenvalue weighted by Crippen LogP contribution is 2.21. The largest absolute Gasteiger partial charge is 0.496 e. The van der Waals surface area contributed by atoms with Crippen LogP contribution in [0.2, 0.25) is 0 Å². The number of rotatable bonds is 7. The lowest BCUT2D eigenvalue weighted by atomic mass is 10.1. The number of hydrogen-bond acceptors (Lipinski definition) is 6. The van der Waals surface area contributed by atoms with E-state index in [-0.39, 0.29) is 5.95 Å². The molecule has 0 radical (unpaired) electrons. The summed E-state index contributed by atoms with van der Waals surface area (Å²) < 4.78 is 7.22. The molecule has 0 spiro atoms. The summed E-state index contributed by atoms with van der Waals surface area (Å²) in [6.45, 7) is 3.56. The molecular formula is C18H22N6O. The molecule has 0 saturated heterocycles. The van der Waals surface area contributed by atoms with E-state index in [1.54, 1.807) is 13.3 Å². The predicted octanol–water partition coefficient (Wildman–Crippen LogP) is 2.61. The first-order chi connectivity index (χ1) is 12.2. The number of aromatic nitrogens is 4. The molecule has 3 rings (SSSR count). The van der Waals surface area contributed by atoms with Crippen LogP contribution in [0.4, 0.5) is 11.8 Å². The van der Waals surface area contributed by atoms with E-state index in [9.17, 15) is 0 Å². The maximum Gasteiger partial charge on any atom is 0.222 e. The Morgan fingerprint density at radius 2 is 2.08 bits per heavy atom. The lowest BCUT2D eigenvalue weighted by Crippen LogP contribution is -2.09. The van der Waals surface area contributed by atoms with Crippen LogP contribution in [0.15, 0.2) is 42.7 Å². The number of nitrogens with one attached hydrogen (secondary N) is 1. The fourth-order valence-electron chi connectivity index (χ4n) is 2.61. The number of ether oxygens (including phenoxy) is 1. The van der Waals surface area contributed by atoms with E-state index in [0.29, 0.717) is 12.4 Å². The van der Waals surface area contributed by atoms with E-state index in [0.717, 1.165) is 35.5 Å². The van der Waals surface area contributed by atoms with Gasteiger partial charge in [-0.25, -0.2) is 4.98 Å². The number of nitrogens with two attached hydrogens (primary N) is 1. The van der Waals surface area contributed by atoms with Crippen molar-refractivity contribution in [3.8, 4) is 17.0 Å². The molecule has 3 N–H and O–H groups in total. The SMILES string of the molecule is CCn1cc(-c2cc(NCCc3ccccc3OC)nc(N)n2)cn1. The molecule has 3 aromatic rings. The number of anilines is 2. The third kappa shape index (κ3) is 4.06. The van der Waals surface area contributed by atoms with Gasteiger partial charge < -0.3 is 15.8 Å². The Balaban J connectivity index is 1.70. The van der Waals surface area contributed by atoms with Crippen molar-refractivity contribution in [3.63, 3.8) is 0 Å². The standard InChI is InChI=1S/C18H22N6O/c1-3-24-12-14(11-21-24)15-10-17(23-18(19)22-15)20-9-8-13-6-4-5-7-16(13)25-2/h4-7,10-12H,3,8-9H2,1-2H3,(H3,19,20,22,23). The van der Waals surface area contributed by atoms with Crippen molar-refractivity contribution in [1.82, 2.24) is 19.7 Å². The first-order valence-corrected chi connectivity index (χ1v) is 8.22. The Morgan fingerprint density at radius 3 is 2.84 bits per heavy atom. The molecule has 2 aromatic heterocycles. The molecule has 0 bridgehead atoms. The van der Waals surface area contributed by atoms with Gasteiger partial charge in [0.15, 0.2) is 0 Å². The number of para-hydroxylation sites is 1. The van der Waals surface area contributed by atoms with E-state index in [4.69, 9.17) is 10.5 Å². The van der Waals surface area contributed by atoms with Crippen molar-refractivity contribution < 1.29 is 4.74 Å². The van der Waals surface area contributed by atoms with Crippen molar-refractivity contribution >= 4 is 11.8 Å². The van der Waals surface area contributed by atoms with Crippen LogP contribution in [0.3, 0.4) is 0 Å². The molecule has 130 valence electrons. The third-order valence-electron chi connectivity index (χ3n) is 3.89. The topological polar surface area (TPSA) is 90.9 Å². The van der Waals surface area contributed by atoms with Gasteiger partial charge >= 0.3 is 0 Å². The molecule has 0 aliphatic rings. The highest BCUT2D eigenvalue weighted by Gasteiger charge is 2.08. The van der Waals surface area contributed by atoms with Crippen LogP contribution in [0, 0.1) is 0 Å². The second kappa shape index (κ2) is 7.65. The lowest BCUT2D eigenvalue weighted by Gasteiger charge is -2.10. The normalized spacial score (nSPS) is 10.6. The summed E-state index contributed by atoms with van der Waals surface area (Å²) in [5.74, 6) is 1.82. The van der Waals surface area contributed by atoms with Crippen molar-refractivity contribution in [3.05, 3.63) is 48.3 Å². The smallest absolute Gasteiger partial charge is 0.222 e. The minimum Gasteiger partial charge on any atom is -0.496 e. The molecule has 0 amide bonds. The third-order valence-corrected chi connectivity index (χ3v) is 3.89. The zero-order valence-corrected chi connectivity index (χ0v) is 14.4. The van der Waals surface area contributed by atoms with Crippen LogP contribution in [0.25, 0.3) is 11.3 Å². The first kappa shape index (κ1) is 16.8. The number of methoxy groups -OCH3 is 1. The maximum absolute atomic E-state index is 5.86. The van der Waals surface area contributed by atoms with E-state index in [2.05, 4.69) is 26.4 Å². The van der Waals surface area contributed by atoms with Crippen molar-refractivity contribution in [1.29, 1.82) is 0 Å². The molecule has 1 aromatic carbocycles. The van der Waals surface area contributed by atoms with Gasteiger partial charge in [0.05, 0.1) is 19.0 Å². The summed E-state index contributed by atoms with van der Waals surface area (Å²) in [5.41, 5.74) is 8.67. The van der Waals surface area contributed by atoms with Gasteiger partial charge in [-0.1, -0.05) is 18.2 Å². The molecule has 0 atom stereocenters. The van der Waals surface area contributed by atoms with Crippen LogP contribution in [-0.4, -0.2) is 33.4 Å². The maximum atomic E-state index is 5.86. The monoisotopic (exact) mass is 338 g/mol. The highest BCUT2D eigenvalue weighted by atomic mass is 16.5. The van der Waals surface area contributed by atoms with Crippen molar-refractivity contribution in [2.75, 3.05) is 24.7 Å². The minimum absolute atomic E-state index is 0.238. The Kier molecular flexibility index (Phi) is 5.13. The lowest BCUT2D eigenvalue weighted by molar-refractivity contribution is 0.410. The van der Waals surface area contributed by atoms with Gasteiger partial charge in [0, 0.05) is 30.9 Å². The molecule has 0 saturated carbocycles. The molecule has 2 heterocycles. The average Bonchev–Trinajstić information content (AvgIpc) is 3.11. The number of nitrogens with zero attached hydrogens (tertiary/aromatic N) is 4.